The molecule has 12 heteroatoms. The molecule has 2 amide bonds. The second-order valence-corrected chi connectivity index (χ2v) is 11.0. The lowest BCUT2D eigenvalue weighted by Gasteiger charge is -2.40. The fraction of sp³-hybridized carbons (Fsp3) is 0.290. The highest BCUT2D eigenvalue weighted by Gasteiger charge is 2.32. The molecular formula is C31H29F2N7O3. The van der Waals surface area contributed by atoms with Crippen molar-refractivity contribution in [2.45, 2.75) is 39.2 Å². The van der Waals surface area contributed by atoms with E-state index in [9.17, 15) is 14.4 Å². The molecule has 1 N–H and O–H groups in total. The van der Waals surface area contributed by atoms with Crippen molar-refractivity contribution in [3.05, 3.63) is 82.6 Å². The van der Waals surface area contributed by atoms with E-state index in [-0.39, 0.29) is 58.1 Å². The highest BCUT2D eigenvalue weighted by atomic mass is 19.1. The van der Waals surface area contributed by atoms with Crippen LogP contribution in [0.15, 0.2) is 54.0 Å². The predicted molar refractivity (Wildman–Crippen MR) is 158 cm³/mol. The highest BCUT2D eigenvalue weighted by molar-refractivity contribution is 5.98. The molecule has 220 valence electrons. The minimum atomic E-state index is -0.857. The van der Waals surface area contributed by atoms with Crippen LogP contribution in [0, 0.1) is 11.6 Å². The zero-order valence-electron chi connectivity index (χ0n) is 23.9. The predicted octanol–water partition coefficient (Wildman–Crippen LogP) is 3.96. The zero-order valence-corrected chi connectivity index (χ0v) is 23.9. The van der Waals surface area contributed by atoms with Crippen LogP contribution in [0.3, 0.4) is 0 Å². The van der Waals surface area contributed by atoms with E-state index in [0.29, 0.717) is 36.6 Å². The van der Waals surface area contributed by atoms with Gasteiger partial charge in [0, 0.05) is 31.9 Å². The molecule has 6 rings (SSSR count). The molecule has 10 nitrogen and oxygen atoms in total. The van der Waals surface area contributed by atoms with Crippen LogP contribution in [-0.4, -0.2) is 61.9 Å². The summed E-state index contributed by atoms with van der Waals surface area (Å²) in [7, 11) is 0. The maximum absolute atomic E-state index is 16.1. The normalized spacial score (nSPS) is 16.5. The van der Waals surface area contributed by atoms with Crippen molar-refractivity contribution < 1.29 is 18.4 Å². The lowest BCUT2D eigenvalue weighted by atomic mass is 10.0. The Balaban J connectivity index is 1.70. The second kappa shape index (κ2) is 10.7. The maximum Gasteiger partial charge on any atom is 0.355 e. The molecule has 2 bridgehead atoms. The first-order chi connectivity index (χ1) is 20.6. The lowest BCUT2D eigenvalue weighted by molar-refractivity contribution is -0.126. The number of hydrogen-bond acceptors (Lipinski definition) is 7. The fourth-order valence-corrected chi connectivity index (χ4v) is 5.87. The standard InChI is InChI=1S/C31H29F2N7O3/c1-5-24(42)38-11-12-39(17(4)15-38)29-19-14-21(33)27-25-20(32)7-6-8-22(25)35-23(41)13-18-9-10-34-26(16(2)3)28(18)40(30(19)36-27)31(43)37-29/h5-10,14,16-17H,1,11-13,15H2,2-4H3,(H,35,41)/t17-/m1/s1. The first kappa shape index (κ1) is 28.1. The number of nitrogens with one attached hydrogen (secondary N) is 1. The molecule has 0 aliphatic carbocycles. The topological polar surface area (TPSA) is 113 Å². The summed E-state index contributed by atoms with van der Waals surface area (Å²) >= 11 is 0. The van der Waals surface area contributed by atoms with Gasteiger partial charge in [-0.1, -0.05) is 26.5 Å². The third-order valence-corrected chi connectivity index (χ3v) is 7.87. The SMILES string of the molecule is C=CC(=O)N1CCN(c2nc(=O)n3c4nc(c(F)cc24)-c2c(F)cccc2NC(=O)Cc2ccnc(C(C)C)c2-3)[C@H](C)C1. The van der Waals surface area contributed by atoms with Crippen LogP contribution in [0.2, 0.25) is 0 Å². The summed E-state index contributed by atoms with van der Waals surface area (Å²) in [5.41, 5.74) is 0.113. The van der Waals surface area contributed by atoms with Gasteiger partial charge < -0.3 is 15.1 Å². The van der Waals surface area contributed by atoms with E-state index in [1.807, 2.05) is 25.7 Å². The lowest BCUT2D eigenvalue weighted by Crippen LogP contribution is -2.54. The van der Waals surface area contributed by atoms with Crippen LogP contribution in [0.5, 0.6) is 0 Å². The quantitative estimate of drug-likeness (QED) is 0.362. The minimum Gasteiger partial charge on any atom is -0.350 e. The van der Waals surface area contributed by atoms with E-state index in [4.69, 9.17) is 0 Å². The van der Waals surface area contributed by atoms with Crippen molar-refractivity contribution >= 4 is 34.4 Å². The van der Waals surface area contributed by atoms with Crippen LogP contribution >= 0.6 is 0 Å². The third-order valence-electron chi connectivity index (χ3n) is 7.87. The molecule has 1 fully saturated rings. The number of rotatable bonds is 3. The molecule has 1 aromatic carbocycles. The van der Waals surface area contributed by atoms with Crippen molar-refractivity contribution in [3.63, 3.8) is 0 Å². The van der Waals surface area contributed by atoms with Gasteiger partial charge in [-0.2, -0.15) is 4.98 Å². The Labute approximate surface area is 245 Å². The van der Waals surface area contributed by atoms with Crippen LogP contribution in [-0.2, 0) is 16.0 Å². The van der Waals surface area contributed by atoms with Crippen molar-refractivity contribution in [2.75, 3.05) is 29.9 Å². The molecule has 0 radical (unpaired) electrons. The summed E-state index contributed by atoms with van der Waals surface area (Å²) in [6, 6.07) is 6.60. The number of amides is 2. The number of pyridine rings is 2. The number of fused-ring (bicyclic) bond motifs is 5. The molecule has 1 saturated heterocycles. The number of aromatic nitrogens is 4. The van der Waals surface area contributed by atoms with Gasteiger partial charge in [0.05, 0.1) is 34.4 Å². The Morgan fingerprint density at radius 2 is 1.93 bits per heavy atom. The molecular weight excluding hydrogens is 556 g/mol. The van der Waals surface area contributed by atoms with E-state index in [2.05, 4.69) is 26.8 Å². The molecule has 0 unspecified atom stereocenters. The summed E-state index contributed by atoms with van der Waals surface area (Å²) in [6.07, 6.45) is 2.64. The molecule has 3 aromatic heterocycles. The first-order valence-corrected chi connectivity index (χ1v) is 14.0. The molecule has 43 heavy (non-hydrogen) atoms. The number of nitrogens with zero attached hydrogens (tertiary/aromatic N) is 6. The molecule has 0 spiro atoms. The molecule has 2 aliphatic heterocycles. The Bertz CT molecular complexity index is 1890. The van der Waals surface area contributed by atoms with Crippen LogP contribution < -0.4 is 15.9 Å². The first-order valence-electron chi connectivity index (χ1n) is 14.0. The van der Waals surface area contributed by atoms with Crippen molar-refractivity contribution in [1.29, 1.82) is 0 Å². The number of benzene rings is 1. The van der Waals surface area contributed by atoms with E-state index in [1.54, 1.807) is 17.2 Å². The maximum atomic E-state index is 16.1. The van der Waals surface area contributed by atoms with Crippen molar-refractivity contribution in [1.82, 2.24) is 24.4 Å². The van der Waals surface area contributed by atoms with Crippen LogP contribution in [0.25, 0.3) is 28.0 Å². The largest absolute Gasteiger partial charge is 0.355 e. The van der Waals surface area contributed by atoms with E-state index >= 15 is 8.78 Å². The Morgan fingerprint density at radius 3 is 2.65 bits per heavy atom. The summed E-state index contributed by atoms with van der Waals surface area (Å²) in [4.78, 5) is 56.6. The minimum absolute atomic E-state index is 0.0444. The van der Waals surface area contributed by atoms with Crippen LogP contribution in [0.4, 0.5) is 20.3 Å². The average molecular weight is 586 g/mol. The Kier molecular flexibility index (Phi) is 6.99. The smallest absolute Gasteiger partial charge is 0.350 e. The summed E-state index contributed by atoms with van der Waals surface area (Å²) in [5, 5.41) is 2.92. The number of halogens is 2. The average Bonchev–Trinajstić information content (AvgIpc) is 2.98. The van der Waals surface area contributed by atoms with Gasteiger partial charge >= 0.3 is 5.69 Å². The number of anilines is 2. The zero-order chi connectivity index (χ0) is 30.6. The number of hydrogen-bond donors (Lipinski definition) is 1. The number of carbonyl (C=O) groups excluding carboxylic acids is 2. The highest BCUT2D eigenvalue weighted by Crippen LogP contribution is 2.37. The number of piperazine rings is 1. The van der Waals surface area contributed by atoms with Gasteiger partial charge in [-0.25, -0.2) is 23.1 Å². The van der Waals surface area contributed by atoms with Crippen molar-refractivity contribution in [2.24, 2.45) is 0 Å². The van der Waals surface area contributed by atoms with Gasteiger partial charge in [-0.05, 0) is 48.7 Å². The van der Waals surface area contributed by atoms with Gasteiger partial charge in [0.25, 0.3) is 0 Å². The molecule has 5 heterocycles. The van der Waals surface area contributed by atoms with Gasteiger partial charge in [-0.3, -0.25) is 14.6 Å². The molecule has 2 aliphatic rings. The van der Waals surface area contributed by atoms with Crippen molar-refractivity contribution in [3.8, 4) is 16.9 Å². The summed E-state index contributed by atoms with van der Waals surface area (Å²) in [5.74, 6) is -2.32. The van der Waals surface area contributed by atoms with Gasteiger partial charge in [0.1, 0.15) is 17.3 Å². The van der Waals surface area contributed by atoms with Crippen LogP contribution in [0.1, 0.15) is 37.9 Å². The van der Waals surface area contributed by atoms with E-state index in [0.717, 1.165) is 6.07 Å². The van der Waals surface area contributed by atoms with Gasteiger partial charge in [-0.15, -0.1) is 0 Å². The summed E-state index contributed by atoms with van der Waals surface area (Å²) in [6.45, 7) is 10.2. The Morgan fingerprint density at radius 1 is 1.14 bits per heavy atom. The summed E-state index contributed by atoms with van der Waals surface area (Å²) < 4.78 is 32.7. The third kappa shape index (κ3) is 4.72. The van der Waals surface area contributed by atoms with E-state index < -0.39 is 23.2 Å². The molecule has 4 aromatic rings. The molecule has 0 saturated carbocycles. The molecule has 1 atom stereocenters. The second-order valence-electron chi connectivity index (χ2n) is 11.0. The fourth-order valence-electron chi connectivity index (χ4n) is 5.87. The van der Waals surface area contributed by atoms with Gasteiger partial charge in [0.15, 0.2) is 11.5 Å². The number of carbonyl (C=O) groups is 2. The van der Waals surface area contributed by atoms with Gasteiger partial charge in [0.2, 0.25) is 11.8 Å². The monoisotopic (exact) mass is 585 g/mol. The Hall–Kier alpha value is -5.00. The van der Waals surface area contributed by atoms with E-state index in [1.165, 1.54) is 28.8 Å².